The molecule has 2 aromatic carbocycles. The second-order valence-corrected chi connectivity index (χ2v) is 7.36. The first-order valence-corrected chi connectivity index (χ1v) is 9.89. The summed E-state index contributed by atoms with van der Waals surface area (Å²) in [5, 5.41) is 6.23. The number of hydrogen-bond acceptors (Lipinski definition) is 5. The Labute approximate surface area is 169 Å². The second-order valence-electron chi connectivity index (χ2n) is 7.36. The van der Waals surface area contributed by atoms with Gasteiger partial charge < -0.3 is 15.4 Å². The lowest BCUT2D eigenvalue weighted by atomic mass is 10.0. The monoisotopic (exact) mass is 396 g/mol. The Morgan fingerprint density at radius 1 is 1.28 bits per heavy atom. The standard InChI is InChI=1S/C22H25FN4O2/c1-15-12-17(3-5-20(15)24-6-7-27-8-10-29-11-9-27)25-14-19-18-13-16(23)2-4-21(18)26-22(19)28/h2-5,12-14,19,24H,6-11H2,1H3,(H,26,28). The smallest absolute Gasteiger partial charge is 0.237 e. The van der Waals surface area contributed by atoms with Crippen LogP contribution in [0.5, 0.6) is 0 Å². The van der Waals surface area contributed by atoms with Crippen molar-refractivity contribution in [1.82, 2.24) is 4.90 Å². The number of carbonyl (C=O) groups excluding carboxylic acids is 1. The van der Waals surface area contributed by atoms with E-state index in [0.717, 1.165) is 56.3 Å². The minimum Gasteiger partial charge on any atom is -0.384 e. The Kier molecular flexibility index (Phi) is 5.87. The van der Waals surface area contributed by atoms with Gasteiger partial charge in [0, 0.05) is 43.8 Å². The lowest BCUT2D eigenvalue weighted by Gasteiger charge is -2.26. The molecule has 152 valence electrons. The number of nitrogens with one attached hydrogen (secondary N) is 2. The van der Waals surface area contributed by atoms with Crippen LogP contribution in [0.3, 0.4) is 0 Å². The number of carbonyl (C=O) groups is 1. The van der Waals surface area contributed by atoms with Crippen molar-refractivity contribution in [3.63, 3.8) is 0 Å². The molecule has 6 nitrogen and oxygen atoms in total. The quantitative estimate of drug-likeness (QED) is 0.736. The molecular weight excluding hydrogens is 371 g/mol. The summed E-state index contributed by atoms with van der Waals surface area (Å²) in [6.45, 7) is 7.46. The van der Waals surface area contributed by atoms with Crippen LogP contribution in [0, 0.1) is 12.7 Å². The number of ether oxygens (including phenoxy) is 1. The van der Waals surface area contributed by atoms with Crippen molar-refractivity contribution in [2.45, 2.75) is 12.8 Å². The highest BCUT2D eigenvalue weighted by molar-refractivity contribution is 6.12. The predicted molar refractivity (Wildman–Crippen MR) is 113 cm³/mol. The summed E-state index contributed by atoms with van der Waals surface area (Å²) in [6, 6.07) is 10.2. The minimum atomic E-state index is -0.577. The molecule has 1 amide bonds. The first-order chi connectivity index (χ1) is 14.1. The normalized spacial score (nSPS) is 19.4. The van der Waals surface area contributed by atoms with E-state index in [0.29, 0.717) is 11.3 Å². The fourth-order valence-electron chi connectivity index (χ4n) is 3.66. The summed E-state index contributed by atoms with van der Waals surface area (Å²) in [7, 11) is 0. The molecule has 0 bridgehead atoms. The van der Waals surface area contributed by atoms with E-state index in [4.69, 9.17) is 4.74 Å². The molecule has 0 radical (unpaired) electrons. The van der Waals surface area contributed by atoms with Gasteiger partial charge in [0.05, 0.1) is 18.9 Å². The summed E-state index contributed by atoms with van der Waals surface area (Å²) < 4.78 is 18.9. The van der Waals surface area contributed by atoms with Crippen LogP contribution in [-0.2, 0) is 9.53 Å². The largest absolute Gasteiger partial charge is 0.384 e. The van der Waals surface area contributed by atoms with Gasteiger partial charge in [-0.15, -0.1) is 0 Å². The predicted octanol–water partition coefficient (Wildman–Crippen LogP) is 3.32. The van der Waals surface area contributed by atoms with Crippen LogP contribution in [0.15, 0.2) is 41.4 Å². The van der Waals surface area contributed by atoms with E-state index in [2.05, 4.69) is 20.5 Å². The zero-order valence-corrected chi connectivity index (χ0v) is 16.5. The van der Waals surface area contributed by atoms with Gasteiger partial charge in [0.25, 0.3) is 0 Å². The number of anilines is 2. The van der Waals surface area contributed by atoms with Crippen LogP contribution in [-0.4, -0.2) is 56.4 Å². The average molecular weight is 396 g/mol. The molecule has 4 rings (SSSR count). The Morgan fingerprint density at radius 3 is 2.90 bits per heavy atom. The lowest BCUT2D eigenvalue weighted by molar-refractivity contribution is -0.115. The highest BCUT2D eigenvalue weighted by Gasteiger charge is 2.29. The van der Waals surface area contributed by atoms with Gasteiger partial charge in [-0.3, -0.25) is 14.7 Å². The first-order valence-electron chi connectivity index (χ1n) is 9.89. The summed E-state index contributed by atoms with van der Waals surface area (Å²) in [5.74, 6) is -1.12. The molecular formula is C22H25FN4O2. The van der Waals surface area contributed by atoms with E-state index < -0.39 is 5.92 Å². The summed E-state index contributed by atoms with van der Waals surface area (Å²) in [4.78, 5) is 19.0. The average Bonchev–Trinajstić information content (AvgIpc) is 3.03. The van der Waals surface area contributed by atoms with E-state index in [1.54, 1.807) is 12.3 Å². The fraction of sp³-hybridized carbons (Fsp3) is 0.364. The maximum Gasteiger partial charge on any atom is 0.237 e. The van der Waals surface area contributed by atoms with E-state index >= 15 is 0 Å². The summed E-state index contributed by atoms with van der Waals surface area (Å²) >= 11 is 0. The maximum absolute atomic E-state index is 13.5. The lowest BCUT2D eigenvalue weighted by Crippen LogP contribution is -2.39. The van der Waals surface area contributed by atoms with Crippen LogP contribution < -0.4 is 10.6 Å². The topological polar surface area (TPSA) is 66.0 Å². The van der Waals surface area contributed by atoms with Gasteiger partial charge in [-0.25, -0.2) is 4.39 Å². The third-order valence-electron chi connectivity index (χ3n) is 5.32. The van der Waals surface area contributed by atoms with Gasteiger partial charge in [-0.1, -0.05) is 0 Å². The number of amides is 1. The molecule has 0 aliphatic carbocycles. The van der Waals surface area contributed by atoms with Crippen molar-refractivity contribution in [2.24, 2.45) is 4.99 Å². The Balaban J connectivity index is 1.38. The maximum atomic E-state index is 13.5. The molecule has 29 heavy (non-hydrogen) atoms. The number of benzene rings is 2. The number of rotatable bonds is 6. The van der Waals surface area contributed by atoms with Crippen molar-refractivity contribution in [3.8, 4) is 0 Å². The molecule has 0 aromatic heterocycles. The van der Waals surface area contributed by atoms with Gasteiger partial charge >= 0.3 is 0 Å². The molecule has 1 atom stereocenters. The van der Waals surface area contributed by atoms with E-state index in [1.165, 1.54) is 12.1 Å². The molecule has 1 fully saturated rings. The van der Waals surface area contributed by atoms with Gasteiger partial charge in [0.1, 0.15) is 11.7 Å². The van der Waals surface area contributed by atoms with Gasteiger partial charge in [-0.05, 0) is 54.4 Å². The number of nitrogens with zero attached hydrogens (tertiary/aromatic N) is 2. The highest BCUT2D eigenvalue weighted by Crippen LogP contribution is 2.32. The van der Waals surface area contributed by atoms with Crippen LogP contribution >= 0.6 is 0 Å². The first kappa shape index (κ1) is 19.5. The van der Waals surface area contributed by atoms with E-state index in [9.17, 15) is 9.18 Å². The van der Waals surface area contributed by atoms with Crippen molar-refractivity contribution in [1.29, 1.82) is 0 Å². The van der Waals surface area contributed by atoms with Crippen molar-refractivity contribution >= 4 is 29.2 Å². The van der Waals surface area contributed by atoms with Crippen molar-refractivity contribution < 1.29 is 13.9 Å². The molecule has 0 spiro atoms. The summed E-state index contributed by atoms with van der Waals surface area (Å²) in [5.41, 5.74) is 4.19. The minimum absolute atomic E-state index is 0.188. The molecule has 2 N–H and O–H groups in total. The number of aliphatic imine (C=N–C) groups is 1. The molecule has 2 aliphatic rings. The number of aryl methyl sites for hydroxylation is 1. The van der Waals surface area contributed by atoms with Crippen LogP contribution in [0.4, 0.5) is 21.5 Å². The molecule has 1 saturated heterocycles. The number of halogens is 1. The number of fused-ring (bicyclic) bond motifs is 1. The van der Waals surface area contributed by atoms with Gasteiger partial charge in [-0.2, -0.15) is 0 Å². The molecule has 2 aromatic rings. The number of hydrogen-bond donors (Lipinski definition) is 2. The third kappa shape index (κ3) is 4.63. The second kappa shape index (κ2) is 8.71. The Hall–Kier alpha value is -2.77. The van der Waals surface area contributed by atoms with Crippen LogP contribution in [0.25, 0.3) is 0 Å². The van der Waals surface area contributed by atoms with E-state index in [-0.39, 0.29) is 11.7 Å². The number of morpholine rings is 1. The molecule has 7 heteroatoms. The molecule has 0 saturated carbocycles. The Bertz CT molecular complexity index is 925. The Morgan fingerprint density at radius 2 is 2.10 bits per heavy atom. The molecule has 2 aliphatic heterocycles. The molecule has 2 heterocycles. The molecule has 1 unspecified atom stereocenters. The highest BCUT2D eigenvalue weighted by atomic mass is 19.1. The van der Waals surface area contributed by atoms with Gasteiger partial charge in [0.2, 0.25) is 5.91 Å². The zero-order chi connectivity index (χ0) is 20.2. The summed E-state index contributed by atoms with van der Waals surface area (Å²) in [6.07, 6.45) is 1.58. The SMILES string of the molecule is Cc1cc(N=CC2C(=O)Nc3ccc(F)cc32)ccc1NCCN1CCOCC1. The zero-order valence-electron chi connectivity index (χ0n) is 16.5. The van der Waals surface area contributed by atoms with Crippen LogP contribution in [0.2, 0.25) is 0 Å². The van der Waals surface area contributed by atoms with Crippen molar-refractivity contribution in [2.75, 3.05) is 50.0 Å². The van der Waals surface area contributed by atoms with E-state index in [1.807, 2.05) is 25.1 Å². The fourth-order valence-corrected chi connectivity index (χ4v) is 3.66. The van der Waals surface area contributed by atoms with Gasteiger partial charge in [0.15, 0.2) is 0 Å². The van der Waals surface area contributed by atoms with Crippen LogP contribution in [0.1, 0.15) is 17.0 Å². The van der Waals surface area contributed by atoms with Crippen molar-refractivity contribution in [3.05, 3.63) is 53.3 Å². The third-order valence-corrected chi connectivity index (χ3v) is 5.32.